The van der Waals surface area contributed by atoms with E-state index in [-0.39, 0.29) is 12.4 Å². The average molecular weight is 355 g/mol. The number of hydrogen-bond donors (Lipinski definition) is 1. The number of aliphatic hydroxyl groups is 1. The molecular weight excluding hydrogens is 333 g/mol. The third-order valence-electron chi connectivity index (χ3n) is 4.85. The van der Waals surface area contributed by atoms with Gasteiger partial charge in [0.15, 0.2) is 5.65 Å². The summed E-state index contributed by atoms with van der Waals surface area (Å²) >= 11 is 0. The fourth-order valence-electron chi connectivity index (χ4n) is 3.46. The van der Waals surface area contributed by atoms with E-state index in [2.05, 4.69) is 25.9 Å². The number of fused-ring (bicyclic) bond motifs is 1. The summed E-state index contributed by atoms with van der Waals surface area (Å²) in [5.41, 5.74) is 3.51. The highest BCUT2D eigenvalue weighted by Gasteiger charge is 2.21. The van der Waals surface area contributed by atoms with Crippen LogP contribution >= 0.6 is 0 Å². The molecular formula is C19H22FN5O. The molecule has 0 aliphatic carbocycles. The van der Waals surface area contributed by atoms with E-state index in [9.17, 15) is 4.39 Å². The maximum absolute atomic E-state index is 13.2. The fraction of sp³-hybridized carbons (Fsp3) is 0.368. The molecule has 0 spiro atoms. The van der Waals surface area contributed by atoms with Crippen molar-refractivity contribution in [3.05, 3.63) is 48.0 Å². The van der Waals surface area contributed by atoms with Crippen LogP contribution in [0.3, 0.4) is 0 Å². The van der Waals surface area contributed by atoms with Gasteiger partial charge in [0, 0.05) is 50.0 Å². The zero-order valence-corrected chi connectivity index (χ0v) is 14.8. The molecule has 3 heterocycles. The average Bonchev–Trinajstić information content (AvgIpc) is 3.06. The lowest BCUT2D eigenvalue weighted by Gasteiger charge is -2.35. The Morgan fingerprint density at radius 1 is 1.12 bits per heavy atom. The summed E-state index contributed by atoms with van der Waals surface area (Å²) in [5.74, 6) is 0.764. The number of aliphatic hydroxyl groups excluding tert-OH is 1. The smallest absolute Gasteiger partial charge is 0.165 e. The first-order valence-corrected chi connectivity index (χ1v) is 8.85. The van der Waals surface area contributed by atoms with Crippen LogP contribution in [0.2, 0.25) is 0 Å². The minimum absolute atomic E-state index is 0.193. The van der Waals surface area contributed by atoms with Crippen molar-refractivity contribution >= 4 is 11.5 Å². The zero-order chi connectivity index (χ0) is 18.1. The summed E-state index contributed by atoms with van der Waals surface area (Å²) in [6.07, 6.45) is 1.79. The van der Waals surface area contributed by atoms with Crippen molar-refractivity contribution in [3.8, 4) is 11.1 Å². The first kappa shape index (κ1) is 16.9. The largest absolute Gasteiger partial charge is 0.395 e. The Labute approximate surface area is 151 Å². The van der Waals surface area contributed by atoms with E-state index in [1.54, 1.807) is 18.3 Å². The summed E-state index contributed by atoms with van der Waals surface area (Å²) in [5, 5.41) is 13.7. The number of halogens is 1. The van der Waals surface area contributed by atoms with Crippen LogP contribution in [0.25, 0.3) is 16.8 Å². The minimum Gasteiger partial charge on any atom is -0.395 e. The molecule has 1 N–H and O–H groups in total. The standard InChI is InChI=1S/C19H22FN5O/c1-14-12-18(24-8-6-23(7-9-24)10-11-26)25-19(22-14)17(13-21-25)15-2-4-16(20)5-3-15/h2-5,12-13,26H,6-11H2,1H3. The van der Waals surface area contributed by atoms with E-state index < -0.39 is 0 Å². The van der Waals surface area contributed by atoms with Crippen LogP contribution in [0.1, 0.15) is 5.69 Å². The fourth-order valence-corrected chi connectivity index (χ4v) is 3.46. The second-order valence-electron chi connectivity index (χ2n) is 6.61. The van der Waals surface area contributed by atoms with E-state index in [1.807, 2.05) is 11.4 Å². The molecule has 26 heavy (non-hydrogen) atoms. The van der Waals surface area contributed by atoms with Gasteiger partial charge in [-0.25, -0.2) is 9.37 Å². The lowest BCUT2D eigenvalue weighted by Crippen LogP contribution is -2.47. The van der Waals surface area contributed by atoms with Gasteiger partial charge in [-0.2, -0.15) is 9.61 Å². The van der Waals surface area contributed by atoms with Crippen molar-refractivity contribution < 1.29 is 9.50 Å². The third-order valence-corrected chi connectivity index (χ3v) is 4.85. The van der Waals surface area contributed by atoms with Gasteiger partial charge in [0.05, 0.1) is 12.8 Å². The summed E-state index contributed by atoms with van der Waals surface area (Å²) in [4.78, 5) is 9.23. The number of anilines is 1. The van der Waals surface area contributed by atoms with Gasteiger partial charge in [-0.3, -0.25) is 4.90 Å². The van der Waals surface area contributed by atoms with Crippen molar-refractivity contribution in [1.82, 2.24) is 19.5 Å². The van der Waals surface area contributed by atoms with Gasteiger partial charge in [0.25, 0.3) is 0 Å². The molecule has 0 bridgehead atoms. The number of β-amino-alcohol motifs (C(OH)–C–C–N with tert-alkyl or cyclic N) is 1. The summed E-state index contributed by atoms with van der Waals surface area (Å²) < 4.78 is 15.1. The molecule has 4 rings (SSSR count). The number of hydrogen-bond acceptors (Lipinski definition) is 5. The first-order valence-electron chi connectivity index (χ1n) is 8.85. The molecule has 0 radical (unpaired) electrons. The number of aromatic nitrogens is 3. The molecule has 136 valence electrons. The van der Waals surface area contributed by atoms with E-state index in [4.69, 9.17) is 5.11 Å². The van der Waals surface area contributed by atoms with Gasteiger partial charge in [0.2, 0.25) is 0 Å². The number of nitrogens with zero attached hydrogens (tertiary/aromatic N) is 5. The summed E-state index contributed by atoms with van der Waals surface area (Å²) in [6, 6.07) is 8.47. The van der Waals surface area contributed by atoms with Gasteiger partial charge in [-0.1, -0.05) is 12.1 Å². The van der Waals surface area contributed by atoms with Crippen LogP contribution in [0, 0.1) is 12.7 Å². The molecule has 3 aromatic rings. The Hall–Kier alpha value is -2.51. The van der Waals surface area contributed by atoms with Crippen molar-refractivity contribution in [2.45, 2.75) is 6.92 Å². The van der Waals surface area contributed by atoms with Crippen molar-refractivity contribution in [3.63, 3.8) is 0 Å². The van der Waals surface area contributed by atoms with Crippen LogP contribution in [0.4, 0.5) is 10.2 Å². The molecule has 6 nitrogen and oxygen atoms in total. The van der Waals surface area contributed by atoms with Gasteiger partial charge >= 0.3 is 0 Å². The summed E-state index contributed by atoms with van der Waals surface area (Å²) in [6.45, 7) is 6.47. The minimum atomic E-state index is -0.254. The van der Waals surface area contributed by atoms with Crippen LogP contribution in [0.15, 0.2) is 36.5 Å². The highest BCUT2D eigenvalue weighted by atomic mass is 19.1. The summed E-state index contributed by atoms with van der Waals surface area (Å²) in [7, 11) is 0. The van der Waals surface area contributed by atoms with Crippen molar-refractivity contribution in [1.29, 1.82) is 0 Å². The van der Waals surface area contributed by atoms with Gasteiger partial charge in [-0.05, 0) is 24.6 Å². The van der Waals surface area contributed by atoms with Crippen LogP contribution < -0.4 is 4.90 Å². The van der Waals surface area contributed by atoms with Gasteiger partial charge < -0.3 is 10.0 Å². The lowest BCUT2D eigenvalue weighted by atomic mass is 10.1. The third kappa shape index (κ3) is 3.15. The maximum Gasteiger partial charge on any atom is 0.165 e. The first-order chi connectivity index (χ1) is 12.7. The van der Waals surface area contributed by atoms with E-state index in [0.717, 1.165) is 61.0 Å². The highest BCUT2D eigenvalue weighted by molar-refractivity contribution is 5.78. The number of piperazine rings is 1. The Bertz CT molecular complexity index is 900. The maximum atomic E-state index is 13.2. The predicted octanol–water partition coefficient (Wildman–Crippen LogP) is 1.96. The Kier molecular flexibility index (Phi) is 4.57. The molecule has 0 atom stereocenters. The lowest BCUT2D eigenvalue weighted by molar-refractivity contribution is 0.188. The Morgan fingerprint density at radius 3 is 2.54 bits per heavy atom. The zero-order valence-electron chi connectivity index (χ0n) is 14.8. The molecule has 0 saturated carbocycles. The van der Waals surface area contributed by atoms with Gasteiger partial charge in [0.1, 0.15) is 11.6 Å². The monoisotopic (exact) mass is 355 g/mol. The molecule has 7 heteroatoms. The highest BCUT2D eigenvalue weighted by Crippen LogP contribution is 2.27. The van der Waals surface area contributed by atoms with E-state index in [1.165, 1.54) is 12.1 Å². The normalized spacial score (nSPS) is 15.7. The van der Waals surface area contributed by atoms with Crippen LogP contribution in [-0.4, -0.2) is 63.9 Å². The van der Waals surface area contributed by atoms with E-state index >= 15 is 0 Å². The van der Waals surface area contributed by atoms with Gasteiger partial charge in [-0.15, -0.1) is 0 Å². The second kappa shape index (κ2) is 7.01. The molecule has 1 aliphatic heterocycles. The second-order valence-corrected chi connectivity index (χ2v) is 6.61. The van der Waals surface area contributed by atoms with Crippen molar-refractivity contribution in [2.24, 2.45) is 0 Å². The molecule has 2 aromatic heterocycles. The molecule has 1 saturated heterocycles. The van der Waals surface area contributed by atoms with Crippen molar-refractivity contribution in [2.75, 3.05) is 44.2 Å². The topological polar surface area (TPSA) is 56.9 Å². The molecule has 1 fully saturated rings. The van der Waals surface area contributed by atoms with E-state index in [0.29, 0.717) is 0 Å². The Morgan fingerprint density at radius 2 is 1.85 bits per heavy atom. The quantitative estimate of drug-likeness (QED) is 0.775. The predicted molar refractivity (Wildman–Crippen MR) is 98.9 cm³/mol. The Balaban J connectivity index is 1.70. The molecule has 1 aromatic carbocycles. The SMILES string of the molecule is Cc1cc(N2CCN(CCO)CC2)n2ncc(-c3ccc(F)cc3)c2n1. The number of rotatable bonds is 4. The van der Waals surface area contributed by atoms with Crippen LogP contribution in [-0.2, 0) is 0 Å². The molecule has 0 unspecified atom stereocenters. The van der Waals surface area contributed by atoms with Crippen LogP contribution in [0.5, 0.6) is 0 Å². The molecule has 1 aliphatic rings. The number of benzene rings is 1. The molecule has 0 amide bonds. The number of aryl methyl sites for hydroxylation is 1.